The highest BCUT2D eigenvalue weighted by molar-refractivity contribution is 5.83. The van der Waals surface area contributed by atoms with Crippen molar-refractivity contribution in [2.45, 2.75) is 12.5 Å². The number of hydrogen-bond acceptors (Lipinski definition) is 3. The molecule has 1 aromatic carbocycles. The summed E-state index contributed by atoms with van der Waals surface area (Å²) in [5.41, 5.74) is 7.61. The summed E-state index contributed by atoms with van der Waals surface area (Å²) in [5, 5.41) is 6.95. The number of nitrogens with one attached hydrogen (secondary N) is 1. The van der Waals surface area contributed by atoms with Gasteiger partial charge in [-0.25, -0.2) is 0 Å². The van der Waals surface area contributed by atoms with Crippen LogP contribution in [0.4, 0.5) is 0 Å². The second kappa shape index (κ2) is 6.15. The van der Waals surface area contributed by atoms with E-state index in [0.717, 1.165) is 11.1 Å². The molecule has 1 amide bonds. The summed E-state index contributed by atoms with van der Waals surface area (Å²) in [6.07, 6.45) is 3.61. The molecule has 0 saturated carbocycles. The summed E-state index contributed by atoms with van der Waals surface area (Å²) < 4.78 is 1.71. The number of aryl methyl sites for hydroxylation is 1. The zero-order valence-electron chi connectivity index (χ0n) is 10.9. The van der Waals surface area contributed by atoms with Crippen molar-refractivity contribution in [1.82, 2.24) is 15.1 Å². The second-order valence-corrected chi connectivity index (χ2v) is 4.44. The molecule has 5 nitrogen and oxygen atoms in total. The van der Waals surface area contributed by atoms with E-state index in [9.17, 15) is 4.79 Å². The Balaban J connectivity index is 1.98. The highest BCUT2D eigenvalue weighted by atomic mass is 16.1. The van der Waals surface area contributed by atoms with Crippen LogP contribution < -0.4 is 11.1 Å². The Kier molecular flexibility index (Phi) is 4.30. The third kappa shape index (κ3) is 3.42. The number of carbonyl (C=O) groups excluding carboxylic acids is 1. The monoisotopic (exact) mass is 258 g/mol. The van der Waals surface area contributed by atoms with Gasteiger partial charge in [0.1, 0.15) is 0 Å². The lowest BCUT2D eigenvalue weighted by molar-refractivity contribution is -0.122. The average molecular weight is 258 g/mol. The summed E-state index contributed by atoms with van der Waals surface area (Å²) in [5.74, 6) is -0.365. The molecular formula is C14H18N4O. The number of benzene rings is 1. The molecule has 100 valence electrons. The fraction of sp³-hybridized carbons (Fsp3) is 0.286. The Bertz CT molecular complexity index is 535. The van der Waals surface area contributed by atoms with Crippen LogP contribution in [-0.4, -0.2) is 22.2 Å². The highest BCUT2D eigenvalue weighted by Gasteiger charge is 2.18. The largest absolute Gasteiger partial charge is 0.351 e. The highest BCUT2D eigenvalue weighted by Crippen LogP contribution is 2.14. The van der Waals surface area contributed by atoms with E-state index in [1.165, 1.54) is 0 Å². The summed E-state index contributed by atoms with van der Waals surface area (Å²) >= 11 is 0. The van der Waals surface area contributed by atoms with Crippen molar-refractivity contribution < 1.29 is 4.79 Å². The molecule has 0 aliphatic carbocycles. The van der Waals surface area contributed by atoms with Gasteiger partial charge >= 0.3 is 0 Å². The predicted octanol–water partition coefficient (Wildman–Crippen LogP) is 0.779. The summed E-state index contributed by atoms with van der Waals surface area (Å²) in [6.45, 7) is 0.763. The molecule has 2 aromatic rings. The zero-order valence-corrected chi connectivity index (χ0v) is 10.9. The van der Waals surface area contributed by atoms with Crippen LogP contribution in [-0.2, 0) is 18.4 Å². The minimum absolute atomic E-state index is 0.0578. The topological polar surface area (TPSA) is 72.9 Å². The number of amides is 1. The number of hydrogen-bond donors (Lipinski definition) is 2. The number of nitrogens with zero attached hydrogens (tertiary/aromatic N) is 2. The van der Waals surface area contributed by atoms with Crippen LogP contribution in [0, 0.1) is 0 Å². The first-order valence-corrected chi connectivity index (χ1v) is 6.21. The quantitative estimate of drug-likeness (QED) is 0.832. The van der Waals surface area contributed by atoms with Crippen molar-refractivity contribution in [3.63, 3.8) is 0 Å². The van der Waals surface area contributed by atoms with Gasteiger partial charge in [-0.2, -0.15) is 5.10 Å². The molecule has 0 aliphatic heterocycles. The molecule has 0 aliphatic rings. The first kappa shape index (κ1) is 13.3. The molecule has 1 heterocycles. The third-order valence-corrected chi connectivity index (χ3v) is 2.98. The summed E-state index contributed by atoms with van der Waals surface area (Å²) in [4.78, 5) is 12.1. The van der Waals surface area contributed by atoms with Crippen LogP contribution in [0.1, 0.15) is 17.0 Å². The van der Waals surface area contributed by atoms with Crippen LogP contribution in [0.25, 0.3) is 0 Å². The molecule has 1 atom stereocenters. The van der Waals surface area contributed by atoms with Crippen LogP contribution in [0.2, 0.25) is 0 Å². The second-order valence-electron chi connectivity index (χ2n) is 4.44. The smallest absolute Gasteiger partial charge is 0.229 e. The molecule has 3 N–H and O–H groups in total. The Morgan fingerprint density at radius 3 is 2.74 bits per heavy atom. The molecule has 0 spiro atoms. The number of carbonyl (C=O) groups is 1. The van der Waals surface area contributed by atoms with Gasteiger partial charge in [0.05, 0.1) is 12.1 Å². The van der Waals surface area contributed by atoms with E-state index < -0.39 is 0 Å². The van der Waals surface area contributed by atoms with Gasteiger partial charge < -0.3 is 11.1 Å². The summed E-state index contributed by atoms with van der Waals surface area (Å²) in [7, 11) is 1.85. The molecule has 0 fully saturated rings. The predicted molar refractivity (Wildman–Crippen MR) is 73.3 cm³/mol. The standard InChI is InChI=1S/C14H18N4O/c1-18-10-11(9-17-18)8-16-14(19)13(7-15)12-5-3-2-4-6-12/h2-6,9-10,13H,7-8,15H2,1H3,(H,16,19)/t13-/m0/s1. The van der Waals surface area contributed by atoms with E-state index in [2.05, 4.69) is 10.4 Å². The SMILES string of the molecule is Cn1cc(CNC(=O)[C@@H](CN)c2ccccc2)cn1. The minimum atomic E-state index is -0.308. The van der Waals surface area contributed by atoms with Crippen molar-refractivity contribution in [2.24, 2.45) is 12.8 Å². The van der Waals surface area contributed by atoms with E-state index >= 15 is 0 Å². The average Bonchev–Trinajstić information content (AvgIpc) is 2.84. The maximum absolute atomic E-state index is 12.1. The molecule has 5 heteroatoms. The van der Waals surface area contributed by atoms with E-state index in [0.29, 0.717) is 13.1 Å². The van der Waals surface area contributed by atoms with E-state index in [1.54, 1.807) is 10.9 Å². The van der Waals surface area contributed by atoms with Gasteiger partial charge in [-0.05, 0) is 5.56 Å². The lowest BCUT2D eigenvalue weighted by atomic mass is 9.98. The maximum atomic E-state index is 12.1. The fourth-order valence-corrected chi connectivity index (χ4v) is 1.96. The van der Waals surface area contributed by atoms with Crippen LogP contribution in [0.15, 0.2) is 42.7 Å². The Morgan fingerprint density at radius 2 is 2.16 bits per heavy atom. The van der Waals surface area contributed by atoms with Crippen LogP contribution >= 0.6 is 0 Å². The molecule has 1 aromatic heterocycles. The van der Waals surface area contributed by atoms with Crippen LogP contribution in [0.5, 0.6) is 0 Å². The first-order chi connectivity index (χ1) is 9.20. The normalized spacial score (nSPS) is 12.1. The van der Waals surface area contributed by atoms with Crippen molar-refractivity contribution in [2.75, 3.05) is 6.54 Å². The lowest BCUT2D eigenvalue weighted by Crippen LogP contribution is -2.33. The number of aromatic nitrogens is 2. The molecule has 0 unspecified atom stereocenters. The Morgan fingerprint density at radius 1 is 1.42 bits per heavy atom. The van der Waals surface area contributed by atoms with Crippen molar-refractivity contribution in [3.05, 3.63) is 53.9 Å². The molecule has 0 saturated heterocycles. The molecular weight excluding hydrogens is 240 g/mol. The van der Waals surface area contributed by atoms with Gasteiger partial charge in [0.2, 0.25) is 5.91 Å². The Hall–Kier alpha value is -2.14. The van der Waals surface area contributed by atoms with Gasteiger partial charge in [0.25, 0.3) is 0 Å². The van der Waals surface area contributed by atoms with Gasteiger partial charge in [-0.1, -0.05) is 30.3 Å². The van der Waals surface area contributed by atoms with Gasteiger partial charge in [0, 0.05) is 31.9 Å². The Labute approximate surface area is 112 Å². The minimum Gasteiger partial charge on any atom is -0.351 e. The zero-order chi connectivity index (χ0) is 13.7. The van der Waals surface area contributed by atoms with E-state index in [-0.39, 0.29) is 11.8 Å². The molecule has 19 heavy (non-hydrogen) atoms. The van der Waals surface area contributed by atoms with Gasteiger partial charge in [-0.3, -0.25) is 9.48 Å². The van der Waals surface area contributed by atoms with Crippen molar-refractivity contribution in [1.29, 1.82) is 0 Å². The van der Waals surface area contributed by atoms with Crippen molar-refractivity contribution in [3.8, 4) is 0 Å². The summed E-state index contributed by atoms with van der Waals surface area (Å²) in [6, 6.07) is 9.58. The molecule has 0 bridgehead atoms. The van der Waals surface area contributed by atoms with E-state index in [4.69, 9.17) is 5.73 Å². The van der Waals surface area contributed by atoms with Crippen molar-refractivity contribution >= 4 is 5.91 Å². The molecule has 2 rings (SSSR count). The molecule has 0 radical (unpaired) electrons. The van der Waals surface area contributed by atoms with Gasteiger partial charge in [0.15, 0.2) is 0 Å². The lowest BCUT2D eigenvalue weighted by Gasteiger charge is -2.14. The third-order valence-electron chi connectivity index (χ3n) is 2.98. The number of rotatable bonds is 5. The number of nitrogens with two attached hydrogens (primary N) is 1. The fourth-order valence-electron chi connectivity index (χ4n) is 1.96. The van der Waals surface area contributed by atoms with Gasteiger partial charge in [-0.15, -0.1) is 0 Å². The first-order valence-electron chi connectivity index (χ1n) is 6.21. The van der Waals surface area contributed by atoms with Crippen LogP contribution in [0.3, 0.4) is 0 Å². The maximum Gasteiger partial charge on any atom is 0.229 e. The van der Waals surface area contributed by atoms with E-state index in [1.807, 2.05) is 43.6 Å².